The molecule has 20 heavy (non-hydrogen) atoms. The van der Waals surface area contributed by atoms with Crippen molar-refractivity contribution in [2.45, 2.75) is 13.0 Å². The van der Waals surface area contributed by atoms with Crippen molar-refractivity contribution in [3.8, 4) is 0 Å². The van der Waals surface area contributed by atoms with Crippen molar-refractivity contribution in [3.63, 3.8) is 0 Å². The Morgan fingerprint density at radius 3 is 2.75 bits per heavy atom. The maximum absolute atomic E-state index is 10.7. The first-order valence-corrected chi connectivity index (χ1v) is 7.24. The van der Waals surface area contributed by atoms with Gasteiger partial charge in [0.15, 0.2) is 0 Å². The molecule has 3 rings (SSSR count). The highest BCUT2D eigenvalue weighted by molar-refractivity contribution is 9.10. The SMILES string of the molecule is Cc1ccc(C(O)c2cccc3ncccc23)cc1Br. The van der Waals surface area contributed by atoms with Gasteiger partial charge in [-0.1, -0.05) is 46.3 Å². The molecule has 1 aromatic heterocycles. The minimum absolute atomic E-state index is 0.653. The third-order valence-corrected chi connectivity index (χ3v) is 4.34. The van der Waals surface area contributed by atoms with E-state index in [9.17, 15) is 5.11 Å². The molecular formula is C17H14BrNO. The van der Waals surface area contributed by atoms with Gasteiger partial charge < -0.3 is 5.11 Å². The van der Waals surface area contributed by atoms with E-state index in [2.05, 4.69) is 20.9 Å². The lowest BCUT2D eigenvalue weighted by Gasteiger charge is -2.15. The third-order valence-electron chi connectivity index (χ3n) is 3.49. The van der Waals surface area contributed by atoms with Crippen LogP contribution in [0.25, 0.3) is 10.9 Å². The average molecular weight is 328 g/mol. The highest BCUT2D eigenvalue weighted by Crippen LogP contribution is 2.30. The van der Waals surface area contributed by atoms with E-state index in [0.717, 1.165) is 32.1 Å². The molecule has 0 bridgehead atoms. The molecule has 0 radical (unpaired) electrons. The van der Waals surface area contributed by atoms with E-state index in [1.165, 1.54) is 0 Å². The van der Waals surface area contributed by atoms with E-state index in [1.807, 2.05) is 55.5 Å². The quantitative estimate of drug-likeness (QED) is 0.757. The molecule has 2 nitrogen and oxygen atoms in total. The van der Waals surface area contributed by atoms with Crippen LogP contribution in [0.2, 0.25) is 0 Å². The number of pyridine rings is 1. The largest absolute Gasteiger partial charge is 0.384 e. The van der Waals surface area contributed by atoms with Gasteiger partial charge in [-0.05, 0) is 41.8 Å². The molecule has 0 saturated carbocycles. The van der Waals surface area contributed by atoms with Crippen LogP contribution in [0.3, 0.4) is 0 Å². The number of aryl methyl sites for hydroxylation is 1. The summed E-state index contributed by atoms with van der Waals surface area (Å²) in [5.74, 6) is 0. The Balaban J connectivity index is 2.12. The number of fused-ring (bicyclic) bond motifs is 1. The molecule has 3 aromatic rings. The second-order valence-corrected chi connectivity index (χ2v) is 5.68. The summed E-state index contributed by atoms with van der Waals surface area (Å²) in [6.07, 6.45) is 1.11. The van der Waals surface area contributed by atoms with Gasteiger partial charge in [0.05, 0.1) is 5.52 Å². The van der Waals surface area contributed by atoms with Crippen LogP contribution in [0, 0.1) is 6.92 Å². The van der Waals surface area contributed by atoms with E-state index < -0.39 is 6.10 Å². The van der Waals surface area contributed by atoms with Crippen LogP contribution in [0.1, 0.15) is 22.8 Å². The molecule has 3 heteroatoms. The molecule has 1 N–H and O–H groups in total. The van der Waals surface area contributed by atoms with Crippen LogP contribution in [0.4, 0.5) is 0 Å². The fraction of sp³-hybridized carbons (Fsp3) is 0.118. The maximum atomic E-state index is 10.7. The second kappa shape index (κ2) is 5.35. The van der Waals surface area contributed by atoms with E-state index in [-0.39, 0.29) is 0 Å². The first-order valence-electron chi connectivity index (χ1n) is 6.44. The number of benzene rings is 2. The predicted octanol–water partition coefficient (Wildman–Crippen LogP) is 4.39. The molecule has 2 aromatic carbocycles. The van der Waals surface area contributed by atoms with Gasteiger partial charge in [0.25, 0.3) is 0 Å². The van der Waals surface area contributed by atoms with Gasteiger partial charge in [-0.25, -0.2) is 0 Å². The summed E-state index contributed by atoms with van der Waals surface area (Å²) >= 11 is 3.51. The molecule has 0 aliphatic rings. The van der Waals surface area contributed by atoms with Crippen LogP contribution in [-0.4, -0.2) is 10.1 Å². The second-order valence-electron chi connectivity index (χ2n) is 4.83. The average Bonchev–Trinajstić information content (AvgIpc) is 2.49. The molecule has 0 aliphatic carbocycles. The Bertz CT molecular complexity index is 765. The third kappa shape index (κ3) is 2.35. The van der Waals surface area contributed by atoms with Gasteiger partial charge in [0.1, 0.15) is 6.10 Å². The summed E-state index contributed by atoms with van der Waals surface area (Å²) in [7, 11) is 0. The summed E-state index contributed by atoms with van der Waals surface area (Å²) < 4.78 is 1.01. The molecule has 1 unspecified atom stereocenters. The van der Waals surface area contributed by atoms with Crippen LogP contribution in [0.5, 0.6) is 0 Å². The van der Waals surface area contributed by atoms with Crippen LogP contribution < -0.4 is 0 Å². The van der Waals surface area contributed by atoms with E-state index in [4.69, 9.17) is 0 Å². The first-order chi connectivity index (χ1) is 9.66. The van der Waals surface area contributed by atoms with Gasteiger partial charge in [0.2, 0.25) is 0 Å². The molecule has 0 aliphatic heterocycles. The predicted molar refractivity (Wildman–Crippen MR) is 84.7 cm³/mol. The Hall–Kier alpha value is -1.71. The van der Waals surface area contributed by atoms with Crippen molar-refractivity contribution in [1.82, 2.24) is 4.98 Å². The molecular weight excluding hydrogens is 314 g/mol. The minimum Gasteiger partial charge on any atom is -0.384 e. The van der Waals surface area contributed by atoms with Crippen LogP contribution in [-0.2, 0) is 0 Å². The molecule has 0 spiro atoms. The van der Waals surface area contributed by atoms with Crippen LogP contribution >= 0.6 is 15.9 Å². The maximum Gasteiger partial charge on any atom is 0.105 e. The summed E-state index contributed by atoms with van der Waals surface area (Å²) in [6, 6.07) is 15.6. The smallest absolute Gasteiger partial charge is 0.105 e. The molecule has 1 heterocycles. The number of halogens is 1. The fourth-order valence-electron chi connectivity index (χ4n) is 2.32. The zero-order valence-electron chi connectivity index (χ0n) is 11.0. The molecule has 0 amide bonds. The lowest BCUT2D eigenvalue weighted by molar-refractivity contribution is 0.222. The van der Waals surface area contributed by atoms with E-state index >= 15 is 0 Å². The molecule has 1 atom stereocenters. The number of nitrogens with zero attached hydrogens (tertiary/aromatic N) is 1. The van der Waals surface area contributed by atoms with Crippen molar-refractivity contribution >= 4 is 26.8 Å². The zero-order chi connectivity index (χ0) is 14.1. The van der Waals surface area contributed by atoms with Crippen molar-refractivity contribution in [2.75, 3.05) is 0 Å². The Kier molecular flexibility index (Phi) is 3.55. The molecule has 100 valence electrons. The molecule has 0 saturated heterocycles. The zero-order valence-corrected chi connectivity index (χ0v) is 12.6. The minimum atomic E-state index is -0.653. The summed E-state index contributed by atoms with van der Waals surface area (Å²) in [6.45, 7) is 2.03. The number of aliphatic hydroxyl groups excluding tert-OH is 1. The first kappa shape index (κ1) is 13.3. The lowest BCUT2D eigenvalue weighted by Crippen LogP contribution is -2.01. The standard InChI is InChI=1S/C17H14BrNO/c1-11-7-8-12(10-15(11)18)17(20)14-4-2-6-16-13(14)5-3-9-19-16/h2-10,17,20H,1H3. The lowest BCUT2D eigenvalue weighted by atomic mass is 9.97. The van der Waals surface area contributed by atoms with Gasteiger partial charge in [-0.15, -0.1) is 0 Å². The highest BCUT2D eigenvalue weighted by Gasteiger charge is 2.14. The van der Waals surface area contributed by atoms with E-state index in [1.54, 1.807) is 6.20 Å². The number of hydrogen-bond acceptors (Lipinski definition) is 2. The summed E-state index contributed by atoms with van der Waals surface area (Å²) in [5.41, 5.74) is 3.81. The Morgan fingerprint density at radius 1 is 1.10 bits per heavy atom. The fourth-order valence-corrected chi connectivity index (χ4v) is 2.72. The number of aromatic nitrogens is 1. The summed E-state index contributed by atoms with van der Waals surface area (Å²) in [5, 5.41) is 11.6. The van der Waals surface area contributed by atoms with Crippen molar-refractivity contribution in [3.05, 3.63) is 75.9 Å². The monoisotopic (exact) mass is 327 g/mol. The number of hydrogen-bond donors (Lipinski definition) is 1. The van der Waals surface area contributed by atoms with Gasteiger partial charge in [-0.2, -0.15) is 0 Å². The molecule has 0 fully saturated rings. The van der Waals surface area contributed by atoms with Crippen molar-refractivity contribution in [2.24, 2.45) is 0 Å². The summed E-state index contributed by atoms with van der Waals surface area (Å²) in [4.78, 5) is 4.33. The number of rotatable bonds is 2. The van der Waals surface area contributed by atoms with Gasteiger partial charge in [0, 0.05) is 16.1 Å². The normalized spacial score (nSPS) is 12.6. The number of aliphatic hydroxyl groups is 1. The highest BCUT2D eigenvalue weighted by atomic mass is 79.9. The van der Waals surface area contributed by atoms with Gasteiger partial charge in [-0.3, -0.25) is 4.98 Å². The van der Waals surface area contributed by atoms with E-state index in [0.29, 0.717) is 0 Å². The Labute approximate surface area is 126 Å². The van der Waals surface area contributed by atoms with Gasteiger partial charge >= 0.3 is 0 Å². The topological polar surface area (TPSA) is 33.1 Å². The van der Waals surface area contributed by atoms with Crippen LogP contribution in [0.15, 0.2) is 59.2 Å². The van der Waals surface area contributed by atoms with Crippen molar-refractivity contribution in [1.29, 1.82) is 0 Å². The Morgan fingerprint density at radius 2 is 1.95 bits per heavy atom. The van der Waals surface area contributed by atoms with Crippen molar-refractivity contribution < 1.29 is 5.11 Å².